The van der Waals surface area contributed by atoms with Gasteiger partial charge in [-0.2, -0.15) is 0 Å². The fraction of sp³-hybridized carbons (Fsp3) is 0.444. The zero-order valence-electron chi connectivity index (χ0n) is 13.9. The minimum absolute atomic E-state index is 0. The van der Waals surface area contributed by atoms with Gasteiger partial charge in [-0.25, -0.2) is 0 Å². The van der Waals surface area contributed by atoms with Gasteiger partial charge in [-0.3, -0.25) is 9.59 Å². The summed E-state index contributed by atoms with van der Waals surface area (Å²) in [4.78, 5) is 26.3. The first-order chi connectivity index (χ1) is 11.2. The van der Waals surface area contributed by atoms with E-state index in [0.717, 1.165) is 31.5 Å². The van der Waals surface area contributed by atoms with Gasteiger partial charge in [0.1, 0.15) is 0 Å². The van der Waals surface area contributed by atoms with E-state index in [0.29, 0.717) is 13.1 Å². The molecule has 1 aromatic rings. The van der Waals surface area contributed by atoms with Crippen LogP contribution in [0.5, 0.6) is 0 Å². The van der Waals surface area contributed by atoms with Crippen LogP contribution in [0.25, 0.3) is 0 Å². The lowest BCUT2D eigenvalue weighted by Gasteiger charge is -2.33. The first-order valence-electron chi connectivity index (χ1n) is 8.14. The molecule has 2 rings (SSSR count). The predicted octanol–water partition coefficient (Wildman–Crippen LogP) is 1.88. The summed E-state index contributed by atoms with van der Waals surface area (Å²) in [5.41, 5.74) is 1.05. The largest absolute Gasteiger partial charge is 0.352 e. The summed E-state index contributed by atoms with van der Waals surface area (Å²) in [5.74, 6) is -0.0807. The fourth-order valence-electron chi connectivity index (χ4n) is 2.65. The Balaban J connectivity index is 0.00000288. The lowest BCUT2D eigenvalue weighted by molar-refractivity contribution is -0.138. The maximum absolute atomic E-state index is 12.4. The number of unbranched alkanes of at least 4 members (excludes halogenated alkanes) is 1. The van der Waals surface area contributed by atoms with Crippen LogP contribution in [0.1, 0.15) is 24.8 Å². The molecule has 5 nitrogen and oxygen atoms in total. The van der Waals surface area contributed by atoms with Crippen LogP contribution >= 0.6 is 12.4 Å². The van der Waals surface area contributed by atoms with Crippen LogP contribution in [0, 0.1) is 0 Å². The lowest BCUT2D eigenvalue weighted by Crippen LogP contribution is -2.56. The summed E-state index contributed by atoms with van der Waals surface area (Å²) >= 11 is 0. The molecular weight excluding hydrogens is 326 g/mol. The molecule has 0 saturated carbocycles. The van der Waals surface area contributed by atoms with Crippen LogP contribution in [0.2, 0.25) is 0 Å². The molecule has 1 fully saturated rings. The van der Waals surface area contributed by atoms with E-state index in [9.17, 15) is 9.59 Å². The van der Waals surface area contributed by atoms with Crippen molar-refractivity contribution < 1.29 is 9.59 Å². The molecule has 0 radical (unpaired) electrons. The second kappa shape index (κ2) is 10.8. The molecule has 1 heterocycles. The van der Waals surface area contributed by atoms with Gasteiger partial charge < -0.3 is 15.5 Å². The molecule has 1 saturated heterocycles. The molecule has 1 aromatic carbocycles. The highest BCUT2D eigenvalue weighted by molar-refractivity contribution is 5.88. The van der Waals surface area contributed by atoms with Crippen molar-refractivity contribution in [3.05, 3.63) is 48.6 Å². The number of carbonyl (C=O) groups excluding carboxylic acids is 2. The molecule has 0 aliphatic carbocycles. The normalized spacial score (nSPS) is 17.1. The molecule has 2 N–H and O–H groups in total. The number of benzene rings is 1. The number of allylic oxidation sites excluding steroid dienone is 1. The molecule has 1 atom stereocenters. The van der Waals surface area contributed by atoms with E-state index in [1.165, 1.54) is 0 Å². The van der Waals surface area contributed by atoms with Gasteiger partial charge in [0.05, 0.1) is 12.5 Å². The molecule has 1 aliphatic heterocycles. The zero-order chi connectivity index (χ0) is 16.5. The van der Waals surface area contributed by atoms with Crippen LogP contribution in [0.4, 0.5) is 0 Å². The SMILES string of the molecule is C=CCCCN1CCNC(CC(=O)NCc2ccccc2)C1=O.Cl. The average Bonchev–Trinajstić information content (AvgIpc) is 2.57. The molecule has 24 heavy (non-hydrogen) atoms. The Hall–Kier alpha value is -1.85. The van der Waals surface area contributed by atoms with E-state index in [1.54, 1.807) is 0 Å². The number of carbonyl (C=O) groups is 2. The Kier molecular flexibility index (Phi) is 9.12. The van der Waals surface area contributed by atoms with E-state index >= 15 is 0 Å². The highest BCUT2D eigenvalue weighted by atomic mass is 35.5. The number of hydrogen-bond donors (Lipinski definition) is 2. The molecule has 0 aromatic heterocycles. The number of piperazine rings is 1. The standard InChI is InChI=1S/C18H25N3O2.ClH/c1-2-3-7-11-21-12-10-19-16(18(21)23)13-17(22)20-14-15-8-5-4-6-9-15;/h2,4-6,8-9,16,19H,1,3,7,10-14H2,(H,20,22);1H. The van der Waals surface area contributed by atoms with Gasteiger partial charge in [0.2, 0.25) is 11.8 Å². The maximum atomic E-state index is 12.4. The summed E-state index contributed by atoms with van der Waals surface area (Å²) in [6.07, 6.45) is 3.87. The van der Waals surface area contributed by atoms with E-state index < -0.39 is 6.04 Å². The summed E-state index contributed by atoms with van der Waals surface area (Å²) in [7, 11) is 0. The van der Waals surface area contributed by atoms with Crippen molar-refractivity contribution in [1.82, 2.24) is 15.5 Å². The zero-order valence-corrected chi connectivity index (χ0v) is 14.7. The number of rotatable bonds is 8. The summed E-state index contributed by atoms with van der Waals surface area (Å²) in [5, 5.41) is 6.02. The van der Waals surface area contributed by atoms with Gasteiger partial charge in [0, 0.05) is 26.2 Å². The first kappa shape index (κ1) is 20.2. The Labute approximate surface area is 149 Å². The summed E-state index contributed by atoms with van der Waals surface area (Å²) < 4.78 is 0. The van der Waals surface area contributed by atoms with Gasteiger partial charge >= 0.3 is 0 Å². The highest BCUT2D eigenvalue weighted by Crippen LogP contribution is 2.07. The van der Waals surface area contributed by atoms with Gasteiger partial charge in [0.25, 0.3) is 0 Å². The van der Waals surface area contributed by atoms with Crippen LogP contribution in [-0.4, -0.2) is 42.4 Å². The summed E-state index contributed by atoms with van der Waals surface area (Å²) in [6, 6.07) is 9.33. The maximum Gasteiger partial charge on any atom is 0.240 e. The number of halogens is 1. The minimum atomic E-state index is -0.414. The fourth-order valence-corrected chi connectivity index (χ4v) is 2.65. The second-order valence-corrected chi connectivity index (χ2v) is 5.73. The number of hydrogen-bond acceptors (Lipinski definition) is 3. The Morgan fingerprint density at radius 3 is 2.83 bits per heavy atom. The predicted molar refractivity (Wildman–Crippen MR) is 98.0 cm³/mol. The van der Waals surface area contributed by atoms with Gasteiger partial charge in [0.15, 0.2) is 0 Å². The van der Waals surface area contributed by atoms with Crippen molar-refractivity contribution in [1.29, 1.82) is 0 Å². The van der Waals surface area contributed by atoms with E-state index in [4.69, 9.17) is 0 Å². The minimum Gasteiger partial charge on any atom is -0.352 e. The molecule has 1 unspecified atom stereocenters. The van der Waals surface area contributed by atoms with Crippen molar-refractivity contribution in [3.63, 3.8) is 0 Å². The van der Waals surface area contributed by atoms with E-state index in [1.807, 2.05) is 41.3 Å². The van der Waals surface area contributed by atoms with E-state index in [-0.39, 0.29) is 30.6 Å². The molecule has 0 bridgehead atoms. The van der Waals surface area contributed by atoms with Crippen molar-refractivity contribution in [2.45, 2.75) is 31.8 Å². The highest BCUT2D eigenvalue weighted by Gasteiger charge is 2.29. The third-order valence-electron chi connectivity index (χ3n) is 3.94. The van der Waals surface area contributed by atoms with Crippen molar-refractivity contribution >= 4 is 24.2 Å². The van der Waals surface area contributed by atoms with Crippen LogP contribution in [-0.2, 0) is 16.1 Å². The molecular formula is C18H26ClN3O2. The molecule has 6 heteroatoms. The lowest BCUT2D eigenvalue weighted by atomic mass is 10.1. The van der Waals surface area contributed by atoms with Crippen molar-refractivity contribution in [2.75, 3.05) is 19.6 Å². The molecule has 0 spiro atoms. The third kappa shape index (κ3) is 6.34. The van der Waals surface area contributed by atoms with Crippen LogP contribution in [0.15, 0.2) is 43.0 Å². The molecule has 132 valence electrons. The van der Waals surface area contributed by atoms with Crippen LogP contribution in [0.3, 0.4) is 0 Å². The Bertz CT molecular complexity index is 536. The van der Waals surface area contributed by atoms with Gasteiger partial charge in [-0.1, -0.05) is 36.4 Å². The smallest absolute Gasteiger partial charge is 0.240 e. The number of nitrogens with zero attached hydrogens (tertiary/aromatic N) is 1. The topological polar surface area (TPSA) is 61.4 Å². The Morgan fingerprint density at radius 2 is 2.12 bits per heavy atom. The van der Waals surface area contributed by atoms with Crippen molar-refractivity contribution in [2.24, 2.45) is 0 Å². The quantitative estimate of drug-likeness (QED) is 0.555. The van der Waals surface area contributed by atoms with Gasteiger partial charge in [-0.05, 0) is 18.4 Å². The number of amides is 2. The molecule has 2 amide bonds. The first-order valence-corrected chi connectivity index (χ1v) is 8.14. The van der Waals surface area contributed by atoms with Crippen LogP contribution < -0.4 is 10.6 Å². The monoisotopic (exact) mass is 351 g/mol. The van der Waals surface area contributed by atoms with E-state index in [2.05, 4.69) is 17.2 Å². The summed E-state index contributed by atoms with van der Waals surface area (Å²) in [6.45, 7) is 6.35. The third-order valence-corrected chi connectivity index (χ3v) is 3.94. The van der Waals surface area contributed by atoms with Crippen molar-refractivity contribution in [3.8, 4) is 0 Å². The number of nitrogens with one attached hydrogen (secondary N) is 2. The second-order valence-electron chi connectivity index (χ2n) is 5.73. The average molecular weight is 352 g/mol. The van der Waals surface area contributed by atoms with Gasteiger partial charge in [-0.15, -0.1) is 19.0 Å². The molecule has 1 aliphatic rings. The Morgan fingerprint density at radius 1 is 1.38 bits per heavy atom.